The van der Waals surface area contributed by atoms with Gasteiger partial charge in [-0.05, 0) is 70.6 Å². The Labute approximate surface area is 165 Å². The predicted molar refractivity (Wildman–Crippen MR) is 101 cm³/mol. The molecule has 1 aromatic carbocycles. The first-order valence-electron chi connectivity index (χ1n) is 9.26. The van der Waals surface area contributed by atoms with Gasteiger partial charge < -0.3 is 9.84 Å². The summed E-state index contributed by atoms with van der Waals surface area (Å²) in [7, 11) is 0. The molecule has 2 bridgehead atoms. The minimum absolute atomic E-state index is 0.00946. The van der Waals surface area contributed by atoms with Gasteiger partial charge in [0.05, 0.1) is 29.1 Å². The second-order valence-corrected chi connectivity index (χ2v) is 8.52. The van der Waals surface area contributed by atoms with Crippen LogP contribution in [0.15, 0.2) is 33.9 Å². The molecule has 2 saturated carbocycles. The third-order valence-corrected chi connectivity index (χ3v) is 6.92. The number of halogens is 1. The number of allylic oxidation sites excluding steroid dienone is 2. The lowest BCUT2D eigenvalue weighted by molar-refractivity contribution is -0.140. The van der Waals surface area contributed by atoms with E-state index in [0.29, 0.717) is 34.2 Å². The van der Waals surface area contributed by atoms with E-state index in [1.807, 2.05) is 6.92 Å². The first-order chi connectivity index (χ1) is 13.0. The van der Waals surface area contributed by atoms with Gasteiger partial charge in [-0.1, -0.05) is 12.2 Å². The number of rotatable bonds is 4. The molecule has 6 rings (SSSR count). The largest absolute Gasteiger partial charge is 0.503 e. The average Bonchev–Trinajstić information content (AvgIpc) is 3.43. The van der Waals surface area contributed by atoms with Crippen LogP contribution in [0.2, 0.25) is 0 Å². The van der Waals surface area contributed by atoms with Gasteiger partial charge in [0.1, 0.15) is 0 Å². The number of amides is 2. The smallest absolute Gasteiger partial charge is 0.254 e. The summed E-state index contributed by atoms with van der Waals surface area (Å²) < 4.78 is 5.87. The van der Waals surface area contributed by atoms with Crippen molar-refractivity contribution in [1.82, 2.24) is 5.01 Å². The van der Waals surface area contributed by atoms with E-state index in [9.17, 15) is 14.7 Å². The van der Waals surface area contributed by atoms with Crippen molar-refractivity contribution in [2.75, 3.05) is 6.61 Å². The molecule has 2 amide bonds. The van der Waals surface area contributed by atoms with Gasteiger partial charge in [0.25, 0.3) is 11.8 Å². The molecule has 27 heavy (non-hydrogen) atoms. The molecule has 1 saturated heterocycles. The Morgan fingerprint density at radius 1 is 1.22 bits per heavy atom. The zero-order valence-corrected chi connectivity index (χ0v) is 16.3. The number of hydrazone groups is 1. The summed E-state index contributed by atoms with van der Waals surface area (Å²) in [5, 5.41) is 15.3. The summed E-state index contributed by atoms with van der Waals surface area (Å²) in [6.45, 7) is 2.23. The van der Waals surface area contributed by atoms with Crippen molar-refractivity contribution < 1.29 is 19.4 Å². The Kier molecular flexibility index (Phi) is 3.73. The maximum absolute atomic E-state index is 12.9. The molecule has 0 aromatic heterocycles. The van der Waals surface area contributed by atoms with E-state index in [0.717, 1.165) is 11.4 Å². The minimum Gasteiger partial charge on any atom is -0.503 e. The standard InChI is InChI=1S/C20H19BrN2O4/c1-2-27-15-6-9(5-14(21)18(15)24)8-22-23-19(25)16-10-3-4-11(13-7-12(10)13)17(16)20(23)26/h3-6,8,10-13,16-17,24H,2,7H2,1H3/b22-8+. The van der Waals surface area contributed by atoms with Gasteiger partial charge in [0.15, 0.2) is 11.5 Å². The molecule has 1 aromatic rings. The van der Waals surface area contributed by atoms with Gasteiger partial charge in [-0.2, -0.15) is 10.1 Å². The van der Waals surface area contributed by atoms with E-state index in [4.69, 9.17) is 4.74 Å². The third-order valence-electron chi connectivity index (χ3n) is 6.31. The summed E-state index contributed by atoms with van der Waals surface area (Å²) in [5.41, 5.74) is 0.627. The van der Waals surface area contributed by atoms with E-state index >= 15 is 0 Å². The predicted octanol–water partition coefficient (Wildman–Crippen LogP) is 2.94. The van der Waals surface area contributed by atoms with Crippen molar-refractivity contribution in [3.05, 3.63) is 34.3 Å². The van der Waals surface area contributed by atoms with E-state index in [1.165, 1.54) is 6.21 Å². The number of carbonyl (C=O) groups is 2. The molecular formula is C20H19BrN2O4. The highest BCUT2D eigenvalue weighted by molar-refractivity contribution is 9.10. The molecule has 0 spiro atoms. The third kappa shape index (κ3) is 2.40. The molecule has 6 nitrogen and oxygen atoms in total. The first-order valence-corrected chi connectivity index (χ1v) is 10.1. The van der Waals surface area contributed by atoms with Gasteiger partial charge >= 0.3 is 0 Å². The van der Waals surface area contributed by atoms with Gasteiger partial charge in [-0.3, -0.25) is 9.59 Å². The number of benzene rings is 1. The molecule has 1 heterocycles. The monoisotopic (exact) mass is 430 g/mol. The van der Waals surface area contributed by atoms with Crippen molar-refractivity contribution in [3.63, 3.8) is 0 Å². The molecule has 3 fully saturated rings. The zero-order valence-electron chi connectivity index (χ0n) is 14.7. The molecule has 7 heteroatoms. The first kappa shape index (κ1) is 17.0. The van der Waals surface area contributed by atoms with Crippen LogP contribution in [0.25, 0.3) is 0 Å². The number of phenolic OH excluding ortho intramolecular Hbond substituents is 1. The van der Waals surface area contributed by atoms with Crippen molar-refractivity contribution >= 4 is 34.0 Å². The van der Waals surface area contributed by atoms with Crippen LogP contribution in [0.5, 0.6) is 11.5 Å². The highest BCUT2D eigenvalue weighted by atomic mass is 79.9. The van der Waals surface area contributed by atoms with Gasteiger partial charge in [-0.15, -0.1) is 0 Å². The van der Waals surface area contributed by atoms with Crippen LogP contribution >= 0.6 is 15.9 Å². The van der Waals surface area contributed by atoms with Gasteiger partial charge in [0, 0.05) is 0 Å². The second kappa shape index (κ2) is 5.92. The molecule has 140 valence electrons. The molecular weight excluding hydrogens is 412 g/mol. The fourth-order valence-electron chi connectivity index (χ4n) is 5.11. The molecule has 5 aliphatic rings. The SMILES string of the molecule is CCOc1cc(/C=N/N2C(=O)C3C4C=CC(C5CC45)C3C2=O)cc(Br)c1O. The summed E-state index contributed by atoms with van der Waals surface area (Å²) in [5.74, 6) is 0.981. The number of aromatic hydroxyl groups is 1. The van der Waals surface area contributed by atoms with Crippen LogP contribution in [0.4, 0.5) is 0 Å². The Morgan fingerprint density at radius 2 is 1.85 bits per heavy atom. The van der Waals surface area contributed by atoms with Crippen LogP contribution in [-0.4, -0.2) is 34.8 Å². The van der Waals surface area contributed by atoms with Crippen LogP contribution in [0.3, 0.4) is 0 Å². The lowest BCUT2D eigenvalue weighted by Crippen LogP contribution is -2.40. The summed E-state index contributed by atoms with van der Waals surface area (Å²) in [6.07, 6.45) is 6.89. The molecule has 6 unspecified atom stereocenters. The second-order valence-electron chi connectivity index (χ2n) is 7.67. The number of phenols is 1. The maximum atomic E-state index is 12.9. The Morgan fingerprint density at radius 3 is 2.44 bits per heavy atom. The molecule has 6 atom stereocenters. The van der Waals surface area contributed by atoms with E-state index < -0.39 is 0 Å². The van der Waals surface area contributed by atoms with E-state index in [-0.39, 0.29) is 41.2 Å². The highest BCUT2D eigenvalue weighted by Crippen LogP contribution is 2.65. The summed E-state index contributed by atoms with van der Waals surface area (Å²) in [6, 6.07) is 3.30. The van der Waals surface area contributed by atoms with Crippen molar-refractivity contribution in [2.45, 2.75) is 13.3 Å². The van der Waals surface area contributed by atoms with Crippen LogP contribution in [-0.2, 0) is 9.59 Å². The lowest BCUT2D eigenvalue weighted by Gasteiger charge is -2.37. The molecule has 0 radical (unpaired) electrons. The number of imide groups is 1. The number of nitrogens with zero attached hydrogens (tertiary/aromatic N) is 2. The topological polar surface area (TPSA) is 79.2 Å². The van der Waals surface area contributed by atoms with Gasteiger partial charge in [-0.25, -0.2) is 0 Å². The summed E-state index contributed by atoms with van der Waals surface area (Å²) >= 11 is 3.28. The fourth-order valence-corrected chi connectivity index (χ4v) is 5.57. The number of hydrogen-bond acceptors (Lipinski definition) is 5. The van der Waals surface area contributed by atoms with Crippen molar-refractivity contribution in [2.24, 2.45) is 40.6 Å². The molecule has 1 aliphatic heterocycles. The highest BCUT2D eigenvalue weighted by Gasteiger charge is 2.67. The fraction of sp³-hybridized carbons (Fsp3) is 0.450. The zero-order chi connectivity index (χ0) is 18.9. The average molecular weight is 431 g/mol. The Bertz CT molecular complexity index is 875. The Balaban J connectivity index is 1.42. The van der Waals surface area contributed by atoms with Crippen molar-refractivity contribution in [3.8, 4) is 11.5 Å². The van der Waals surface area contributed by atoms with Gasteiger partial charge in [0.2, 0.25) is 0 Å². The minimum atomic E-state index is -0.251. The van der Waals surface area contributed by atoms with Crippen LogP contribution in [0, 0.1) is 35.5 Å². The maximum Gasteiger partial charge on any atom is 0.254 e. The van der Waals surface area contributed by atoms with Crippen LogP contribution in [0.1, 0.15) is 18.9 Å². The van der Waals surface area contributed by atoms with Crippen molar-refractivity contribution in [1.29, 1.82) is 0 Å². The quantitative estimate of drug-likeness (QED) is 0.452. The molecule has 1 N–H and O–H groups in total. The number of hydrogen-bond donors (Lipinski definition) is 1. The van der Waals surface area contributed by atoms with E-state index in [2.05, 4.69) is 33.2 Å². The summed E-state index contributed by atoms with van der Waals surface area (Å²) in [4.78, 5) is 25.8. The molecule has 4 aliphatic carbocycles. The van der Waals surface area contributed by atoms with E-state index in [1.54, 1.807) is 12.1 Å². The lowest BCUT2D eigenvalue weighted by atomic mass is 9.63. The Hall–Kier alpha value is -2.15. The number of carbonyl (C=O) groups excluding carboxylic acids is 2. The van der Waals surface area contributed by atoms with Crippen LogP contribution < -0.4 is 4.74 Å². The normalized spacial score (nSPS) is 35.7. The number of ether oxygens (including phenoxy) is 1.